The molecule has 2 atom stereocenters. The summed E-state index contributed by atoms with van der Waals surface area (Å²) >= 11 is 1.43. The topological polar surface area (TPSA) is 152 Å². The number of aldehydes is 2. The molecule has 0 radical (unpaired) electrons. The third kappa shape index (κ3) is 13.0. The molecule has 352 valence electrons. The number of benzene rings is 4. The molecule has 0 aliphatic rings. The average Bonchev–Trinajstić information content (AvgIpc) is 3.30. The molecule has 2 heterocycles. The highest BCUT2D eigenvalue weighted by atomic mass is 32.2. The summed E-state index contributed by atoms with van der Waals surface area (Å²) in [5.74, 6) is 3.81. The molecular formula is C50H54N2O12P2S. The molecule has 67 heavy (non-hydrogen) atoms. The quantitative estimate of drug-likeness (QED) is 0.0526. The molecule has 0 aliphatic carbocycles. The standard InChI is InChI=1S/C50H54N2O12P2S/c1-31-21-37(49(3,4)5)47(63-65(61-45-19-14-34(30-54)27-51-45)59-39-17-13-33(29-53)25-41(39)57-11)43(23-31)67-44-24-32(2)22-38(50(6,7)8)48(44)64-66(62-46-20-16-36(56-10)28-52-46)60-40-18-15-35(55-9)26-42(40)58-12/h13-30H,1-12H3. The highest BCUT2D eigenvalue weighted by Crippen LogP contribution is 2.55. The maximum Gasteiger partial charge on any atom is 0.531 e. The van der Waals surface area contributed by atoms with E-state index in [9.17, 15) is 9.59 Å². The molecule has 14 nitrogen and oxygen atoms in total. The van der Waals surface area contributed by atoms with Gasteiger partial charge in [0, 0.05) is 46.6 Å². The predicted octanol–water partition coefficient (Wildman–Crippen LogP) is 13.0. The molecule has 0 saturated heterocycles. The van der Waals surface area contributed by atoms with Gasteiger partial charge in [-0.1, -0.05) is 65.4 Å². The van der Waals surface area contributed by atoms with Crippen molar-refractivity contribution in [1.82, 2.24) is 9.97 Å². The van der Waals surface area contributed by atoms with Crippen LogP contribution >= 0.6 is 29.0 Å². The van der Waals surface area contributed by atoms with E-state index in [1.165, 1.54) is 32.2 Å². The first-order valence-electron chi connectivity index (χ1n) is 20.9. The number of ether oxygens (including phenoxy) is 4. The van der Waals surface area contributed by atoms with E-state index < -0.39 is 28.0 Å². The fourth-order valence-corrected chi connectivity index (χ4v) is 9.77. The number of pyridine rings is 2. The van der Waals surface area contributed by atoms with Crippen LogP contribution in [0.2, 0.25) is 0 Å². The summed E-state index contributed by atoms with van der Waals surface area (Å²) in [6, 6.07) is 24.7. The Morgan fingerprint density at radius 2 is 0.940 bits per heavy atom. The minimum Gasteiger partial charge on any atom is -0.497 e. The van der Waals surface area contributed by atoms with E-state index in [2.05, 4.69) is 63.6 Å². The van der Waals surface area contributed by atoms with Crippen molar-refractivity contribution in [2.45, 2.75) is 76.0 Å². The highest BCUT2D eigenvalue weighted by Gasteiger charge is 2.33. The monoisotopic (exact) mass is 968 g/mol. The van der Waals surface area contributed by atoms with Crippen molar-refractivity contribution in [3.63, 3.8) is 0 Å². The Morgan fingerprint density at radius 1 is 0.478 bits per heavy atom. The summed E-state index contributed by atoms with van der Waals surface area (Å²) in [6.07, 6.45) is 4.35. The van der Waals surface area contributed by atoms with Gasteiger partial charge >= 0.3 is 17.2 Å². The summed E-state index contributed by atoms with van der Waals surface area (Å²) in [5, 5.41) is 0. The number of hydrogen-bond acceptors (Lipinski definition) is 15. The molecule has 17 heteroatoms. The molecular weight excluding hydrogens is 915 g/mol. The van der Waals surface area contributed by atoms with Gasteiger partial charge in [-0.3, -0.25) is 9.59 Å². The molecule has 4 aromatic carbocycles. The number of aryl methyl sites for hydroxylation is 2. The Kier molecular flexibility index (Phi) is 16.5. The Bertz CT molecular complexity index is 2670. The van der Waals surface area contributed by atoms with Crippen molar-refractivity contribution in [3.8, 4) is 57.8 Å². The summed E-state index contributed by atoms with van der Waals surface area (Å²) in [5.41, 5.74) is 3.57. The third-order valence-corrected chi connectivity index (χ3v) is 12.9. The fourth-order valence-electron chi connectivity index (χ4n) is 6.37. The summed E-state index contributed by atoms with van der Waals surface area (Å²) < 4.78 is 62.0. The van der Waals surface area contributed by atoms with Crippen LogP contribution in [0.5, 0.6) is 57.8 Å². The highest BCUT2D eigenvalue weighted by molar-refractivity contribution is 7.99. The first-order valence-corrected chi connectivity index (χ1v) is 23.9. The maximum absolute atomic E-state index is 11.7. The van der Waals surface area contributed by atoms with E-state index >= 15 is 0 Å². The number of hydrogen-bond donors (Lipinski definition) is 0. The lowest BCUT2D eigenvalue weighted by molar-refractivity contribution is 0.111. The molecule has 0 spiro atoms. The normalized spacial score (nSPS) is 12.2. The van der Waals surface area contributed by atoms with Gasteiger partial charge in [0.05, 0.1) is 44.4 Å². The summed E-state index contributed by atoms with van der Waals surface area (Å²) in [6.45, 7) is 16.7. The van der Waals surface area contributed by atoms with Crippen molar-refractivity contribution in [2.24, 2.45) is 0 Å². The second-order valence-electron chi connectivity index (χ2n) is 17.0. The van der Waals surface area contributed by atoms with Crippen LogP contribution in [-0.2, 0) is 10.8 Å². The van der Waals surface area contributed by atoms with Crippen LogP contribution in [-0.4, -0.2) is 51.0 Å². The minimum absolute atomic E-state index is 0.149. The molecule has 0 amide bonds. The van der Waals surface area contributed by atoms with Crippen LogP contribution < -0.4 is 46.1 Å². The maximum atomic E-state index is 11.7. The van der Waals surface area contributed by atoms with Gasteiger partial charge in [-0.15, -0.1) is 0 Å². The number of methoxy groups -OCH3 is 4. The van der Waals surface area contributed by atoms with E-state index in [1.54, 1.807) is 81.1 Å². The molecule has 6 aromatic rings. The largest absolute Gasteiger partial charge is 0.531 e. The van der Waals surface area contributed by atoms with Crippen LogP contribution in [0, 0.1) is 13.8 Å². The van der Waals surface area contributed by atoms with Gasteiger partial charge in [-0.2, -0.15) is 0 Å². The zero-order valence-electron chi connectivity index (χ0n) is 39.5. The molecule has 0 fully saturated rings. The van der Waals surface area contributed by atoms with Gasteiger partial charge in [0.1, 0.15) is 29.3 Å². The van der Waals surface area contributed by atoms with E-state index in [4.69, 9.17) is 46.1 Å². The van der Waals surface area contributed by atoms with Gasteiger partial charge < -0.3 is 46.1 Å². The first-order chi connectivity index (χ1) is 31.9. The third-order valence-electron chi connectivity index (χ3n) is 9.78. The molecule has 2 aromatic heterocycles. The van der Waals surface area contributed by atoms with Crippen LogP contribution in [0.3, 0.4) is 0 Å². The number of rotatable bonds is 20. The van der Waals surface area contributed by atoms with Gasteiger partial charge in [-0.25, -0.2) is 9.97 Å². The summed E-state index contributed by atoms with van der Waals surface area (Å²) in [4.78, 5) is 33.4. The zero-order chi connectivity index (χ0) is 48.5. The molecule has 0 saturated carbocycles. The van der Waals surface area contributed by atoms with Gasteiger partial charge in [-0.05, 0) is 90.4 Å². The van der Waals surface area contributed by atoms with Crippen LogP contribution in [0.25, 0.3) is 0 Å². The fraction of sp³-hybridized carbons (Fsp3) is 0.280. The second kappa shape index (κ2) is 22.0. The molecule has 6 rings (SSSR count). The zero-order valence-corrected chi connectivity index (χ0v) is 42.1. The SMILES string of the molecule is COc1ccc(OP(Oc2ccc(OC)cc2OC)Oc2c(Sc3cc(C)cc(C(C)(C)C)c3OP(Oc3ccc(C=O)cn3)Oc3ccc(C=O)cc3OC)cc(C)cc2C(C)(C)C)nc1. The van der Waals surface area contributed by atoms with E-state index in [0.29, 0.717) is 63.1 Å². The van der Waals surface area contributed by atoms with E-state index in [1.807, 2.05) is 26.0 Å². The first kappa shape index (κ1) is 50.1. The Morgan fingerprint density at radius 3 is 1.37 bits per heavy atom. The van der Waals surface area contributed by atoms with Crippen LogP contribution in [0.4, 0.5) is 0 Å². The van der Waals surface area contributed by atoms with Crippen LogP contribution in [0.1, 0.15) is 84.5 Å². The lowest BCUT2D eigenvalue weighted by atomic mass is 9.85. The Balaban J connectivity index is 1.50. The molecule has 0 aliphatic heterocycles. The van der Waals surface area contributed by atoms with Crippen molar-refractivity contribution < 1.29 is 55.7 Å². The molecule has 2 unspecified atom stereocenters. The van der Waals surface area contributed by atoms with Crippen molar-refractivity contribution >= 4 is 41.5 Å². The average molecular weight is 969 g/mol. The number of carbonyl (C=O) groups excluding carboxylic acids is 2. The number of nitrogens with zero attached hydrogens (tertiary/aromatic N) is 2. The van der Waals surface area contributed by atoms with Crippen molar-refractivity contribution in [2.75, 3.05) is 28.4 Å². The lowest BCUT2D eigenvalue weighted by Gasteiger charge is -2.29. The number of aromatic nitrogens is 2. The van der Waals surface area contributed by atoms with Gasteiger partial charge in [0.15, 0.2) is 29.3 Å². The van der Waals surface area contributed by atoms with E-state index in [0.717, 1.165) is 27.1 Å². The Hall–Kier alpha value is -6.27. The Labute approximate surface area is 398 Å². The van der Waals surface area contributed by atoms with Crippen molar-refractivity contribution in [3.05, 3.63) is 131 Å². The van der Waals surface area contributed by atoms with Gasteiger partial charge in [0.2, 0.25) is 11.8 Å². The summed E-state index contributed by atoms with van der Waals surface area (Å²) in [7, 11) is 1.49. The number of carbonyl (C=O) groups is 2. The van der Waals surface area contributed by atoms with Crippen LogP contribution in [0.15, 0.2) is 107 Å². The molecule has 0 bridgehead atoms. The van der Waals surface area contributed by atoms with Gasteiger partial charge in [0.25, 0.3) is 0 Å². The van der Waals surface area contributed by atoms with Crippen molar-refractivity contribution in [1.29, 1.82) is 0 Å². The minimum atomic E-state index is -2.36. The van der Waals surface area contributed by atoms with E-state index in [-0.39, 0.29) is 23.3 Å². The predicted molar refractivity (Wildman–Crippen MR) is 260 cm³/mol. The molecule has 0 N–H and O–H groups in total. The smallest absolute Gasteiger partial charge is 0.497 e. The second-order valence-corrected chi connectivity index (χ2v) is 20.1. The lowest BCUT2D eigenvalue weighted by Crippen LogP contribution is -2.16.